The van der Waals surface area contributed by atoms with Crippen molar-refractivity contribution in [3.8, 4) is 0 Å². The molecule has 2 unspecified atom stereocenters. The van der Waals surface area contributed by atoms with Gasteiger partial charge in [-0.1, -0.05) is 18.2 Å². The van der Waals surface area contributed by atoms with Gasteiger partial charge in [-0.05, 0) is 60.8 Å². The fourth-order valence-corrected chi connectivity index (χ4v) is 4.58. The van der Waals surface area contributed by atoms with Crippen LogP contribution in [0, 0.1) is 18.1 Å². The number of ketones is 2. The first-order valence-corrected chi connectivity index (χ1v) is 10.1. The van der Waals surface area contributed by atoms with Crippen LogP contribution in [0.25, 0.3) is 0 Å². The topological polar surface area (TPSA) is 97.0 Å². The molecule has 6 nitrogen and oxygen atoms in total. The molecule has 0 spiro atoms. The van der Waals surface area contributed by atoms with Crippen LogP contribution in [0.1, 0.15) is 47.8 Å². The fourth-order valence-electron chi connectivity index (χ4n) is 4.58. The first-order valence-electron chi connectivity index (χ1n) is 10.1. The zero-order valence-corrected chi connectivity index (χ0v) is 19.6. The Morgan fingerprint density at radius 2 is 2.00 bits per heavy atom. The number of carbonyl (C=O) groups excluding carboxylic acids is 2. The predicted octanol–water partition coefficient (Wildman–Crippen LogP) is 2.34. The number of fused-ring (bicyclic) bond motifs is 1. The van der Waals surface area contributed by atoms with Crippen LogP contribution in [0.4, 0.5) is 0 Å². The van der Waals surface area contributed by atoms with E-state index in [1.54, 1.807) is 12.1 Å². The van der Waals surface area contributed by atoms with Crippen molar-refractivity contribution in [1.29, 1.82) is 0 Å². The molecule has 2 aliphatic carbocycles. The van der Waals surface area contributed by atoms with Gasteiger partial charge in [0.2, 0.25) is 11.6 Å². The molecule has 0 bridgehead atoms. The number of furan rings is 1. The number of Topliss-reactive ketones (excluding diaryl/α,β-unsaturated/α-hetero) is 2. The van der Waals surface area contributed by atoms with Gasteiger partial charge in [0, 0.05) is 51.2 Å². The first-order chi connectivity index (χ1) is 14.1. The maximum Gasteiger partial charge on any atom is 0.227 e. The average molecular weight is 486 g/mol. The van der Waals surface area contributed by atoms with Gasteiger partial charge in [-0.2, -0.15) is 6.07 Å². The average Bonchev–Trinajstić information content (AvgIpc) is 3.31. The number of aliphatic hydroxyl groups excluding tert-OH is 2. The minimum absolute atomic E-state index is 0. The van der Waals surface area contributed by atoms with E-state index in [9.17, 15) is 19.8 Å². The molecule has 0 saturated heterocycles. The number of carbonyl (C=O) groups is 2. The molecular formula is C23H25O6Y-. The van der Waals surface area contributed by atoms with Crippen LogP contribution < -0.4 is 0 Å². The van der Waals surface area contributed by atoms with Gasteiger partial charge in [-0.25, -0.2) is 0 Å². The molecule has 1 aromatic heterocycles. The Bertz CT molecular complexity index is 878. The second-order valence-electron chi connectivity index (χ2n) is 7.91. The number of ether oxygens (including phenoxy) is 1. The van der Waals surface area contributed by atoms with Crippen molar-refractivity contribution in [2.24, 2.45) is 11.8 Å². The quantitative estimate of drug-likeness (QED) is 0.461. The van der Waals surface area contributed by atoms with E-state index in [1.165, 1.54) is 0 Å². The zero-order valence-electron chi connectivity index (χ0n) is 16.8. The van der Waals surface area contributed by atoms with Crippen LogP contribution in [-0.4, -0.2) is 34.5 Å². The first kappa shape index (κ1) is 23.5. The molecular weight excluding hydrogens is 461 g/mol. The van der Waals surface area contributed by atoms with Crippen LogP contribution in [0.2, 0.25) is 0 Å². The van der Waals surface area contributed by atoms with E-state index in [2.05, 4.69) is 6.26 Å². The molecule has 1 aromatic carbocycles. The summed E-state index contributed by atoms with van der Waals surface area (Å²) in [5.41, 5.74) is 3.23. The predicted molar refractivity (Wildman–Crippen MR) is 103 cm³/mol. The molecule has 2 N–H and O–H groups in total. The molecule has 7 heteroatoms. The van der Waals surface area contributed by atoms with Crippen molar-refractivity contribution in [3.63, 3.8) is 0 Å². The second-order valence-corrected chi connectivity index (χ2v) is 7.91. The van der Waals surface area contributed by atoms with E-state index in [-0.39, 0.29) is 45.9 Å². The van der Waals surface area contributed by atoms with Crippen molar-refractivity contribution in [3.05, 3.63) is 59.0 Å². The Labute approximate surface area is 200 Å². The summed E-state index contributed by atoms with van der Waals surface area (Å²) in [6.07, 6.45) is 4.53. The molecule has 1 saturated carbocycles. The van der Waals surface area contributed by atoms with Crippen molar-refractivity contribution >= 4 is 11.6 Å². The molecule has 4 atom stereocenters. The van der Waals surface area contributed by atoms with Crippen LogP contribution in [-0.2, 0) is 66.5 Å². The smallest absolute Gasteiger partial charge is 0.227 e. The second kappa shape index (κ2) is 10.4. The summed E-state index contributed by atoms with van der Waals surface area (Å²) >= 11 is 0. The Balaban J connectivity index is 0.00000256. The summed E-state index contributed by atoms with van der Waals surface area (Å²) in [5.74, 6) is -1.76. The molecule has 0 amide bonds. The molecule has 2 aliphatic rings. The van der Waals surface area contributed by atoms with Crippen molar-refractivity contribution in [1.82, 2.24) is 0 Å². The monoisotopic (exact) mass is 486 g/mol. The molecule has 2 aromatic rings. The largest absolute Gasteiger partial charge is 0.593 e. The fraction of sp³-hybridized carbons (Fsp3) is 0.478. The van der Waals surface area contributed by atoms with E-state index in [0.29, 0.717) is 18.6 Å². The zero-order chi connectivity index (χ0) is 20.4. The molecule has 1 radical (unpaired) electrons. The normalized spacial score (nSPS) is 25.8. The summed E-state index contributed by atoms with van der Waals surface area (Å²) in [4.78, 5) is 24.5. The third-order valence-electron chi connectivity index (χ3n) is 6.15. The van der Waals surface area contributed by atoms with Gasteiger partial charge in [0.05, 0.1) is 12.7 Å². The summed E-state index contributed by atoms with van der Waals surface area (Å²) in [7, 11) is 0. The molecule has 4 rings (SSSR count). The molecule has 0 aliphatic heterocycles. The number of aliphatic hydroxyl groups is 2. The maximum absolute atomic E-state index is 12.5. The van der Waals surface area contributed by atoms with Crippen LogP contribution >= 0.6 is 0 Å². The summed E-state index contributed by atoms with van der Waals surface area (Å²) in [6, 6.07) is 9.27. The SMILES string of the molecule is O=C1C(=O)[C@H](CCc2cccc3c2CCCC3O)[C@@H](COCc2cc[c-]o2)C1O.[Y]. The van der Waals surface area contributed by atoms with E-state index >= 15 is 0 Å². The Morgan fingerprint density at radius 3 is 2.77 bits per heavy atom. The van der Waals surface area contributed by atoms with Crippen molar-refractivity contribution in [2.75, 3.05) is 6.61 Å². The van der Waals surface area contributed by atoms with Gasteiger partial charge in [0.25, 0.3) is 0 Å². The van der Waals surface area contributed by atoms with Gasteiger partial charge < -0.3 is 19.4 Å². The van der Waals surface area contributed by atoms with E-state index < -0.39 is 35.6 Å². The van der Waals surface area contributed by atoms with E-state index in [4.69, 9.17) is 9.15 Å². The van der Waals surface area contributed by atoms with Gasteiger partial charge >= 0.3 is 0 Å². The maximum atomic E-state index is 12.5. The summed E-state index contributed by atoms with van der Waals surface area (Å²) in [5, 5.41) is 20.5. The van der Waals surface area contributed by atoms with Crippen molar-refractivity contribution in [2.45, 2.75) is 50.9 Å². The number of benzene rings is 1. The van der Waals surface area contributed by atoms with Gasteiger partial charge in [0.1, 0.15) is 6.10 Å². The van der Waals surface area contributed by atoms with Crippen LogP contribution in [0.5, 0.6) is 0 Å². The number of aryl methyl sites for hydroxylation is 1. The third kappa shape index (κ3) is 4.84. The van der Waals surface area contributed by atoms with E-state index in [0.717, 1.165) is 36.0 Å². The third-order valence-corrected chi connectivity index (χ3v) is 6.15. The number of hydrogen-bond donors (Lipinski definition) is 2. The number of rotatable bonds is 7. The van der Waals surface area contributed by atoms with E-state index in [1.807, 2.05) is 18.2 Å². The van der Waals surface area contributed by atoms with Gasteiger partial charge in [0.15, 0.2) is 0 Å². The molecule has 1 heterocycles. The van der Waals surface area contributed by atoms with Gasteiger partial charge in [-0.3, -0.25) is 9.59 Å². The summed E-state index contributed by atoms with van der Waals surface area (Å²) < 4.78 is 10.7. The Hall–Kier alpha value is -1.18. The Morgan fingerprint density at radius 1 is 1.17 bits per heavy atom. The molecule has 1 fully saturated rings. The number of hydrogen-bond acceptors (Lipinski definition) is 6. The Kier molecular flexibility index (Phi) is 8.16. The molecule has 157 valence electrons. The standard InChI is InChI=1S/C23H25O6.Y/c24-20-8-2-6-16-14(4-1-7-17(16)20)9-10-18-19(22(26)23(27)21(18)25)13-28-12-15-5-3-11-29-15;/h1,3-5,7,18-20,22,24,26H,2,6,8-10,12-13H2;/q-1;/t18-,19-,20?,22?;/m1./s1. The van der Waals surface area contributed by atoms with Gasteiger partial charge in [-0.15, -0.1) is 6.07 Å². The minimum atomic E-state index is -1.32. The molecule has 30 heavy (non-hydrogen) atoms. The van der Waals surface area contributed by atoms with Crippen LogP contribution in [0.3, 0.4) is 0 Å². The minimum Gasteiger partial charge on any atom is -0.593 e. The van der Waals surface area contributed by atoms with Crippen LogP contribution in [0.15, 0.2) is 34.7 Å². The summed E-state index contributed by atoms with van der Waals surface area (Å²) in [6.45, 7) is 0.307. The van der Waals surface area contributed by atoms with Crippen molar-refractivity contribution < 1.29 is 61.7 Å².